The Morgan fingerprint density at radius 2 is 1.59 bits per heavy atom. The Labute approximate surface area is 120 Å². The van der Waals surface area contributed by atoms with Crippen molar-refractivity contribution in [2.75, 3.05) is 0 Å². The van der Waals surface area contributed by atoms with Gasteiger partial charge in [-0.2, -0.15) is 26.3 Å². The first-order chi connectivity index (χ1) is 10.1. The van der Waals surface area contributed by atoms with E-state index in [0.717, 1.165) is 18.2 Å². The third kappa shape index (κ3) is 3.26. The number of halogens is 6. The summed E-state index contributed by atoms with van der Waals surface area (Å²) in [6.45, 7) is 0. The lowest BCUT2D eigenvalue weighted by atomic mass is 9.98. The van der Waals surface area contributed by atoms with Crippen LogP contribution in [0.25, 0.3) is 11.1 Å². The van der Waals surface area contributed by atoms with Crippen LogP contribution in [0.3, 0.4) is 0 Å². The minimum absolute atomic E-state index is 0.127. The summed E-state index contributed by atoms with van der Waals surface area (Å²) in [4.78, 5) is 13.7. The largest absolute Gasteiger partial charge is 0.433 e. The number of carbonyl (C=O) groups is 1. The van der Waals surface area contributed by atoms with Crippen molar-refractivity contribution in [3.05, 3.63) is 53.3 Å². The van der Waals surface area contributed by atoms with Gasteiger partial charge in [0.1, 0.15) is 12.0 Å². The lowest BCUT2D eigenvalue weighted by molar-refractivity contribution is -0.141. The van der Waals surface area contributed by atoms with Crippen molar-refractivity contribution in [1.82, 2.24) is 4.98 Å². The Kier molecular flexibility index (Phi) is 3.95. The molecule has 0 atom stereocenters. The van der Waals surface area contributed by atoms with Crippen LogP contribution in [-0.4, -0.2) is 11.3 Å². The first-order valence-electron chi connectivity index (χ1n) is 5.83. The van der Waals surface area contributed by atoms with Crippen molar-refractivity contribution < 1.29 is 31.1 Å². The molecule has 0 saturated carbocycles. The van der Waals surface area contributed by atoms with Crippen LogP contribution >= 0.6 is 0 Å². The van der Waals surface area contributed by atoms with Crippen LogP contribution in [0.15, 0.2) is 36.5 Å². The van der Waals surface area contributed by atoms with Gasteiger partial charge in [-0.3, -0.25) is 9.78 Å². The second-order valence-corrected chi connectivity index (χ2v) is 4.35. The molecule has 22 heavy (non-hydrogen) atoms. The fourth-order valence-corrected chi connectivity index (χ4v) is 1.84. The number of aldehydes is 1. The summed E-state index contributed by atoms with van der Waals surface area (Å²) in [5.74, 6) is 0. The third-order valence-electron chi connectivity index (χ3n) is 2.85. The van der Waals surface area contributed by atoms with Crippen molar-refractivity contribution in [3.8, 4) is 11.1 Å². The summed E-state index contributed by atoms with van der Waals surface area (Å²) in [5.41, 5.74) is -2.97. The average Bonchev–Trinajstić information content (AvgIpc) is 2.45. The molecule has 2 nitrogen and oxygen atoms in total. The van der Waals surface area contributed by atoms with Crippen LogP contribution in [0.2, 0.25) is 0 Å². The fraction of sp³-hybridized carbons (Fsp3) is 0.143. The van der Waals surface area contributed by atoms with E-state index in [-0.39, 0.29) is 23.0 Å². The minimum atomic E-state index is -4.75. The molecule has 0 aliphatic heterocycles. The number of carbonyl (C=O) groups excluding carboxylic acids is 1. The summed E-state index contributed by atoms with van der Waals surface area (Å²) in [5, 5.41) is 0. The van der Waals surface area contributed by atoms with Gasteiger partial charge < -0.3 is 0 Å². The zero-order valence-electron chi connectivity index (χ0n) is 10.7. The molecule has 0 aliphatic carbocycles. The number of alkyl halides is 6. The van der Waals surface area contributed by atoms with Gasteiger partial charge in [0, 0.05) is 17.3 Å². The van der Waals surface area contributed by atoms with E-state index in [0.29, 0.717) is 18.3 Å². The highest BCUT2D eigenvalue weighted by Crippen LogP contribution is 2.38. The first-order valence-corrected chi connectivity index (χ1v) is 5.83. The van der Waals surface area contributed by atoms with E-state index in [4.69, 9.17) is 0 Å². The molecule has 0 N–H and O–H groups in total. The van der Waals surface area contributed by atoms with Crippen LogP contribution in [-0.2, 0) is 12.4 Å². The number of benzene rings is 1. The van der Waals surface area contributed by atoms with Gasteiger partial charge in [-0.1, -0.05) is 18.2 Å². The predicted molar refractivity (Wildman–Crippen MR) is 65.1 cm³/mol. The number of aromatic nitrogens is 1. The Morgan fingerprint density at radius 1 is 0.909 bits per heavy atom. The van der Waals surface area contributed by atoms with E-state index in [1.54, 1.807) is 0 Å². The quantitative estimate of drug-likeness (QED) is 0.598. The standard InChI is InChI=1S/C14H7F6NO/c15-13(16,17)11-5-8(7-22)1-3-10(11)9-2-4-12(21-6-9)14(18,19)20/h1-7H. The third-order valence-corrected chi connectivity index (χ3v) is 2.85. The molecule has 0 bridgehead atoms. The van der Waals surface area contributed by atoms with Crippen LogP contribution in [0, 0.1) is 0 Å². The molecule has 0 saturated heterocycles. The lowest BCUT2D eigenvalue weighted by Gasteiger charge is -2.14. The van der Waals surface area contributed by atoms with Crippen molar-refractivity contribution in [2.24, 2.45) is 0 Å². The molecule has 1 heterocycles. The van der Waals surface area contributed by atoms with E-state index in [1.807, 2.05) is 0 Å². The first kappa shape index (κ1) is 16.0. The molecule has 2 rings (SSSR count). The smallest absolute Gasteiger partial charge is 0.298 e. The second kappa shape index (κ2) is 5.43. The molecule has 0 spiro atoms. The molecule has 1 aromatic carbocycles. The maximum atomic E-state index is 13.0. The summed E-state index contributed by atoms with van der Waals surface area (Å²) in [7, 11) is 0. The fourth-order valence-electron chi connectivity index (χ4n) is 1.84. The Balaban J connectivity index is 2.55. The molecular weight excluding hydrogens is 312 g/mol. The van der Waals surface area contributed by atoms with Gasteiger partial charge in [0.05, 0.1) is 5.56 Å². The molecule has 0 radical (unpaired) electrons. The Bertz CT molecular complexity index is 688. The van der Waals surface area contributed by atoms with E-state index in [2.05, 4.69) is 4.98 Å². The van der Waals surface area contributed by atoms with E-state index in [1.165, 1.54) is 0 Å². The second-order valence-electron chi connectivity index (χ2n) is 4.35. The summed E-state index contributed by atoms with van der Waals surface area (Å²) in [6.07, 6.45) is -8.46. The van der Waals surface area contributed by atoms with E-state index < -0.39 is 23.6 Å². The van der Waals surface area contributed by atoms with Crippen molar-refractivity contribution >= 4 is 6.29 Å². The normalized spacial score (nSPS) is 12.3. The molecular formula is C14H7F6NO. The molecule has 0 amide bonds. The van der Waals surface area contributed by atoms with Crippen LogP contribution < -0.4 is 0 Å². The number of pyridine rings is 1. The molecule has 116 valence electrons. The zero-order chi connectivity index (χ0) is 16.5. The lowest BCUT2D eigenvalue weighted by Crippen LogP contribution is -2.09. The number of hydrogen-bond acceptors (Lipinski definition) is 2. The number of hydrogen-bond donors (Lipinski definition) is 0. The molecule has 0 unspecified atom stereocenters. The van der Waals surface area contributed by atoms with Gasteiger partial charge in [0.15, 0.2) is 0 Å². The van der Waals surface area contributed by atoms with Crippen molar-refractivity contribution in [3.63, 3.8) is 0 Å². The van der Waals surface area contributed by atoms with Crippen molar-refractivity contribution in [1.29, 1.82) is 0 Å². The summed E-state index contributed by atoms with van der Waals surface area (Å²) in [6, 6.07) is 4.32. The Morgan fingerprint density at radius 3 is 2.05 bits per heavy atom. The maximum Gasteiger partial charge on any atom is 0.433 e. The van der Waals surface area contributed by atoms with Crippen LogP contribution in [0.1, 0.15) is 21.6 Å². The SMILES string of the molecule is O=Cc1ccc(-c2ccc(C(F)(F)F)nc2)c(C(F)(F)F)c1. The monoisotopic (exact) mass is 319 g/mol. The number of rotatable bonds is 2. The molecule has 8 heteroatoms. The van der Waals surface area contributed by atoms with Gasteiger partial charge in [0.25, 0.3) is 0 Å². The summed E-state index contributed by atoms with van der Waals surface area (Å²) < 4.78 is 76.2. The summed E-state index contributed by atoms with van der Waals surface area (Å²) >= 11 is 0. The molecule has 0 aliphatic rings. The Hall–Kier alpha value is -2.38. The average molecular weight is 319 g/mol. The molecule has 2 aromatic rings. The zero-order valence-corrected chi connectivity index (χ0v) is 10.7. The van der Waals surface area contributed by atoms with E-state index in [9.17, 15) is 31.1 Å². The minimum Gasteiger partial charge on any atom is -0.298 e. The van der Waals surface area contributed by atoms with Gasteiger partial charge in [-0.15, -0.1) is 0 Å². The van der Waals surface area contributed by atoms with Gasteiger partial charge in [0.2, 0.25) is 0 Å². The molecule has 1 aromatic heterocycles. The number of nitrogens with zero attached hydrogens (tertiary/aromatic N) is 1. The van der Waals surface area contributed by atoms with Gasteiger partial charge >= 0.3 is 12.4 Å². The van der Waals surface area contributed by atoms with E-state index >= 15 is 0 Å². The van der Waals surface area contributed by atoms with Crippen molar-refractivity contribution in [2.45, 2.75) is 12.4 Å². The van der Waals surface area contributed by atoms with Gasteiger partial charge in [-0.25, -0.2) is 0 Å². The maximum absolute atomic E-state index is 13.0. The molecule has 0 fully saturated rings. The highest BCUT2D eigenvalue weighted by atomic mass is 19.4. The van der Waals surface area contributed by atoms with Crippen LogP contribution in [0.4, 0.5) is 26.3 Å². The topological polar surface area (TPSA) is 30.0 Å². The van der Waals surface area contributed by atoms with Gasteiger partial charge in [-0.05, 0) is 17.7 Å². The predicted octanol–water partition coefficient (Wildman–Crippen LogP) is 4.60. The highest BCUT2D eigenvalue weighted by molar-refractivity contribution is 5.79. The van der Waals surface area contributed by atoms with Crippen LogP contribution in [0.5, 0.6) is 0 Å². The highest BCUT2D eigenvalue weighted by Gasteiger charge is 2.35.